The zero-order chi connectivity index (χ0) is 22.8. The molecule has 2 rings (SSSR count). The minimum Gasteiger partial charge on any atom is -0.494 e. The molecule has 1 amide bonds. The third-order valence-electron chi connectivity index (χ3n) is 3.74. The Kier molecular flexibility index (Phi) is 9.56. The van der Waals surface area contributed by atoms with E-state index in [0.29, 0.717) is 38.3 Å². The molecule has 0 saturated heterocycles. The van der Waals surface area contributed by atoms with Gasteiger partial charge in [-0.25, -0.2) is 4.79 Å². The monoisotopic (exact) mass is 550 g/mol. The van der Waals surface area contributed by atoms with Crippen molar-refractivity contribution in [2.45, 2.75) is 13.8 Å². The van der Waals surface area contributed by atoms with Crippen molar-refractivity contribution in [2.24, 2.45) is 0 Å². The predicted octanol–water partition coefficient (Wildman–Crippen LogP) is 5.10. The number of ether oxygens (including phenoxy) is 3. The zero-order valence-electron chi connectivity index (χ0n) is 16.9. The van der Waals surface area contributed by atoms with Crippen LogP contribution in [0.25, 0.3) is 6.08 Å². The molecule has 2 aromatic rings. The Morgan fingerprint density at radius 2 is 1.81 bits per heavy atom. The van der Waals surface area contributed by atoms with Gasteiger partial charge in [-0.15, -0.1) is 0 Å². The topological polar surface area (TPSA) is 97.7 Å². The molecule has 0 aliphatic carbocycles. The number of hydrogen-bond acceptors (Lipinski definition) is 6. The Morgan fingerprint density at radius 3 is 2.42 bits per heavy atom. The van der Waals surface area contributed by atoms with E-state index in [1.54, 1.807) is 43.3 Å². The van der Waals surface area contributed by atoms with Gasteiger partial charge in [-0.05, 0) is 81.6 Å². The summed E-state index contributed by atoms with van der Waals surface area (Å²) in [6, 6.07) is 12.2. The van der Waals surface area contributed by atoms with Gasteiger partial charge in [0.2, 0.25) is 0 Å². The van der Waals surface area contributed by atoms with Crippen molar-refractivity contribution in [2.75, 3.05) is 25.1 Å². The summed E-state index contributed by atoms with van der Waals surface area (Å²) in [6.45, 7) is 4.11. The second-order valence-electron chi connectivity index (χ2n) is 5.99. The Hall–Kier alpha value is -2.83. The molecule has 1 N–H and O–H groups in total. The number of carbonyl (C=O) groups excluding carboxylic acids is 2. The van der Waals surface area contributed by atoms with Crippen LogP contribution in [0.3, 0.4) is 0 Å². The van der Waals surface area contributed by atoms with Crippen molar-refractivity contribution in [3.8, 4) is 17.6 Å². The van der Waals surface area contributed by atoms with E-state index in [1.165, 1.54) is 6.08 Å². The maximum atomic E-state index is 12.6. The van der Waals surface area contributed by atoms with Crippen LogP contribution in [-0.4, -0.2) is 31.7 Å². The quantitative estimate of drug-likeness (QED) is 0.264. The molecule has 0 aliphatic rings. The molecular weight excluding hydrogens is 532 g/mol. The maximum Gasteiger partial charge on any atom is 0.344 e. The summed E-state index contributed by atoms with van der Waals surface area (Å²) in [6.07, 6.45) is 1.45. The van der Waals surface area contributed by atoms with Crippen LogP contribution in [0.15, 0.2) is 50.9 Å². The second-order valence-corrected chi connectivity index (χ2v) is 7.70. The van der Waals surface area contributed by atoms with E-state index in [4.69, 9.17) is 14.2 Å². The first-order chi connectivity index (χ1) is 14.9. The standard InChI is InChI=1S/C22H20Br2N2O5/c1-3-29-17-7-5-6-16(11-17)26-22(28)15(12-25)8-14-9-18(23)21(19(24)10-14)31-13-20(27)30-4-2/h5-11H,3-4,13H2,1-2H3,(H,26,28)/b15-8-. The van der Waals surface area contributed by atoms with E-state index in [-0.39, 0.29) is 18.8 Å². The van der Waals surface area contributed by atoms with E-state index in [0.717, 1.165) is 0 Å². The molecule has 0 heterocycles. The molecule has 0 aliphatic heterocycles. The number of esters is 1. The fourth-order valence-corrected chi connectivity index (χ4v) is 3.93. The van der Waals surface area contributed by atoms with Crippen LogP contribution >= 0.6 is 31.9 Å². The first-order valence-corrected chi connectivity index (χ1v) is 10.9. The molecule has 9 heteroatoms. The third-order valence-corrected chi connectivity index (χ3v) is 4.92. The normalized spacial score (nSPS) is 10.7. The summed E-state index contributed by atoms with van der Waals surface area (Å²) in [4.78, 5) is 24.0. The fourth-order valence-electron chi connectivity index (χ4n) is 2.48. The molecule has 0 aromatic heterocycles. The molecule has 31 heavy (non-hydrogen) atoms. The van der Waals surface area contributed by atoms with Crippen molar-refractivity contribution >= 4 is 55.5 Å². The van der Waals surface area contributed by atoms with Crippen LogP contribution in [0, 0.1) is 11.3 Å². The second kappa shape index (κ2) is 12.1. The van der Waals surface area contributed by atoms with Crippen LogP contribution in [0.1, 0.15) is 19.4 Å². The number of nitrogens with zero attached hydrogens (tertiary/aromatic N) is 1. The first kappa shape index (κ1) is 24.4. The van der Waals surface area contributed by atoms with Gasteiger partial charge in [-0.3, -0.25) is 4.79 Å². The van der Waals surface area contributed by atoms with Gasteiger partial charge >= 0.3 is 5.97 Å². The van der Waals surface area contributed by atoms with Crippen molar-refractivity contribution in [1.29, 1.82) is 5.26 Å². The third kappa shape index (κ3) is 7.42. The Bertz CT molecular complexity index is 1010. The average Bonchev–Trinajstić information content (AvgIpc) is 2.72. The minimum absolute atomic E-state index is 0.0826. The van der Waals surface area contributed by atoms with E-state index in [9.17, 15) is 14.9 Å². The lowest BCUT2D eigenvalue weighted by molar-refractivity contribution is -0.145. The number of rotatable bonds is 9. The SMILES string of the molecule is CCOC(=O)COc1c(Br)cc(/C=C(/C#N)C(=O)Nc2cccc(OCC)c2)cc1Br. The van der Waals surface area contributed by atoms with Crippen molar-refractivity contribution < 1.29 is 23.8 Å². The summed E-state index contributed by atoms with van der Waals surface area (Å²) in [5, 5.41) is 12.1. The molecule has 7 nitrogen and oxygen atoms in total. The van der Waals surface area contributed by atoms with E-state index in [1.807, 2.05) is 13.0 Å². The number of hydrogen-bond donors (Lipinski definition) is 1. The Morgan fingerprint density at radius 1 is 1.10 bits per heavy atom. The van der Waals surface area contributed by atoms with Gasteiger partial charge in [0.05, 0.1) is 22.2 Å². The van der Waals surface area contributed by atoms with Gasteiger partial charge in [0, 0.05) is 11.8 Å². The molecule has 0 saturated carbocycles. The molecule has 162 valence electrons. The van der Waals surface area contributed by atoms with E-state index >= 15 is 0 Å². The van der Waals surface area contributed by atoms with Gasteiger partial charge < -0.3 is 19.5 Å². The molecule has 2 aromatic carbocycles. The van der Waals surface area contributed by atoms with Gasteiger partial charge in [-0.2, -0.15) is 5.26 Å². The summed E-state index contributed by atoms with van der Waals surface area (Å²) in [7, 11) is 0. The minimum atomic E-state index is -0.550. The number of benzene rings is 2. The van der Waals surface area contributed by atoms with Gasteiger partial charge in [0.25, 0.3) is 5.91 Å². The largest absolute Gasteiger partial charge is 0.494 e. The van der Waals surface area contributed by atoms with Crippen LogP contribution in [0.5, 0.6) is 11.5 Å². The van der Waals surface area contributed by atoms with Gasteiger partial charge in [-0.1, -0.05) is 6.07 Å². The smallest absolute Gasteiger partial charge is 0.344 e. The average molecular weight is 552 g/mol. The lowest BCUT2D eigenvalue weighted by Gasteiger charge is -2.11. The van der Waals surface area contributed by atoms with Gasteiger partial charge in [0.1, 0.15) is 23.1 Å². The number of amides is 1. The van der Waals surface area contributed by atoms with Crippen LogP contribution in [-0.2, 0) is 14.3 Å². The van der Waals surface area contributed by atoms with Crippen LogP contribution in [0.4, 0.5) is 5.69 Å². The maximum absolute atomic E-state index is 12.6. The lowest BCUT2D eigenvalue weighted by atomic mass is 10.1. The highest BCUT2D eigenvalue weighted by Crippen LogP contribution is 2.35. The summed E-state index contributed by atoms with van der Waals surface area (Å²) >= 11 is 6.76. The van der Waals surface area contributed by atoms with Crippen molar-refractivity contribution in [3.63, 3.8) is 0 Å². The Labute approximate surface area is 197 Å². The molecule has 0 radical (unpaired) electrons. The highest BCUT2D eigenvalue weighted by atomic mass is 79.9. The van der Waals surface area contributed by atoms with Crippen molar-refractivity contribution in [3.05, 3.63) is 56.5 Å². The molecule has 0 unspecified atom stereocenters. The number of nitrogens with one attached hydrogen (secondary N) is 1. The summed E-state index contributed by atoms with van der Waals surface area (Å²) < 4.78 is 16.8. The van der Waals surface area contributed by atoms with Crippen LogP contribution in [0.2, 0.25) is 0 Å². The first-order valence-electron chi connectivity index (χ1n) is 9.31. The molecule has 0 bridgehead atoms. The summed E-state index contributed by atoms with van der Waals surface area (Å²) in [5.41, 5.74) is 1.01. The van der Waals surface area contributed by atoms with Crippen molar-refractivity contribution in [1.82, 2.24) is 0 Å². The summed E-state index contributed by atoms with van der Waals surface area (Å²) in [5.74, 6) is -0.0110. The van der Waals surface area contributed by atoms with Crippen LogP contribution < -0.4 is 14.8 Å². The molecule has 0 fully saturated rings. The number of halogens is 2. The van der Waals surface area contributed by atoms with Gasteiger partial charge in [0.15, 0.2) is 6.61 Å². The highest BCUT2D eigenvalue weighted by molar-refractivity contribution is 9.11. The highest BCUT2D eigenvalue weighted by Gasteiger charge is 2.14. The lowest BCUT2D eigenvalue weighted by Crippen LogP contribution is -2.15. The fraction of sp³-hybridized carbons (Fsp3) is 0.227. The Balaban J connectivity index is 2.18. The van der Waals surface area contributed by atoms with E-state index in [2.05, 4.69) is 37.2 Å². The number of anilines is 1. The molecular formula is C22H20Br2N2O5. The molecule has 0 spiro atoms. The van der Waals surface area contributed by atoms with E-state index < -0.39 is 11.9 Å². The molecule has 0 atom stereocenters. The number of nitriles is 1. The number of carbonyl (C=O) groups is 2. The zero-order valence-corrected chi connectivity index (χ0v) is 20.1. The predicted molar refractivity (Wildman–Crippen MR) is 124 cm³/mol.